The minimum atomic E-state index is -0.356. The van der Waals surface area contributed by atoms with Crippen LogP contribution >= 0.6 is 11.6 Å². The van der Waals surface area contributed by atoms with E-state index in [0.29, 0.717) is 33.3 Å². The van der Waals surface area contributed by atoms with Crippen molar-refractivity contribution < 1.29 is 8.81 Å². The molecule has 3 nitrogen and oxygen atoms in total. The third kappa shape index (κ3) is 1.80. The number of benzene rings is 2. The van der Waals surface area contributed by atoms with E-state index in [-0.39, 0.29) is 5.82 Å². The molecule has 3 aromatic rings. The molecule has 0 unspecified atom stereocenters. The fourth-order valence-electron chi connectivity index (χ4n) is 1.72. The normalized spacial score (nSPS) is 11.0. The average molecular weight is 263 g/mol. The van der Waals surface area contributed by atoms with Crippen molar-refractivity contribution in [3.63, 3.8) is 0 Å². The predicted molar refractivity (Wildman–Crippen MR) is 68.8 cm³/mol. The summed E-state index contributed by atoms with van der Waals surface area (Å²) in [7, 11) is 0. The largest absolute Gasteiger partial charge is 0.436 e. The van der Waals surface area contributed by atoms with Crippen molar-refractivity contribution in [2.45, 2.75) is 0 Å². The molecule has 90 valence electrons. The van der Waals surface area contributed by atoms with Crippen LogP contribution in [0.15, 0.2) is 40.8 Å². The molecule has 0 aliphatic rings. The van der Waals surface area contributed by atoms with Crippen LogP contribution in [0.25, 0.3) is 22.6 Å². The van der Waals surface area contributed by atoms with Gasteiger partial charge in [0.1, 0.15) is 11.3 Å². The molecule has 2 aromatic carbocycles. The predicted octanol–water partition coefficient (Wildman–Crippen LogP) is 3.87. The van der Waals surface area contributed by atoms with Crippen molar-refractivity contribution >= 4 is 28.4 Å². The number of aromatic nitrogens is 1. The van der Waals surface area contributed by atoms with Crippen LogP contribution in [-0.4, -0.2) is 4.98 Å². The standard InChI is InChI=1S/C13H8ClFN2O/c14-10-6-8(16)2-3-9(10)13-17-11-5-7(15)1-4-12(11)18-13/h1-6H,16H2. The van der Waals surface area contributed by atoms with Gasteiger partial charge in [0, 0.05) is 11.8 Å². The second-order valence-electron chi connectivity index (χ2n) is 3.87. The van der Waals surface area contributed by atoms with Crippen molar-refractivity contribution in [1.29, 1.82) is 0 Å². The molecular formula is C13H8ClFN2O. The fraction of sp³-hybridized carbons (Fsp3) is 0. The van der Waals surface area contributed by atoms with Crippen molar-refractivity contribution in [2.24, 2.45) is 0 Å². The number of oxazole rings is 1. The maximum Gasteiger partial charge on any atom is 0.228 e. The number of anilines is 1. The second-order valence-corrected chi connectivity index (χ2v) is 4.28. The minimum absolute atomic E-state index is 0.348. The van der Waals surface area contributed by atoms with E-state index in [0.717, 1.165) is 0 Å². The van der Waals surface area contributed by atoms with Crippen LogP contribution in [0.1, 0.15) is 0 Å². The van der Waals surface area contributed by atoms with Gasteiger partial charge in [-0.1, -0.05) is 11.6 Å². The second kappa shape index (κ2) is 3.99. The number of nitrogen functional groups attached to an aromatic ring is 1. The average Bonchev–Trinajstić information content (AvgIpc) is 2.71. The van der Waals surface area contributed by atoms with Crippen molar-refractivity contribution in [2.75, 3.05) is 5.73 Å². The Labute approximate surface area is 107 Å². The van der Waals surface area contributed by atoms with Gasteiger partial charge in [0.15, 0.2) is 5.58 Å². The lowest BCUT2D eigenvalue weighted by Crippen LogP contribution is -1.85. The highest BCUT2D eigenvalue weighted by Crippen LogP contribution is 2.31. The Morgan fingerprint density at radius 2 is 2.00 bits per heavy atom. The SMILES string of the molecule is Nc1ccc(-c2nc3cc(F)ccc3o2)c(Cl)c1. The number of nitrogens with zero attached hydrogens (tertiary/aromatic N) is 1. The Bertz CT molecular complexity index is 739. The number of hydrogen-bond acceptors (Lipinski definition) is 3. The van der Waals surface area contributed by atoms with Crippen molar-refractivity contribution in [3.8, 4) is 11.5 Å². The monoisotopic (exact) mass is 262 g/mol. The van der Waals surface area contributed by atoms with Crippen molar-refractivity contribution in [3.05, 3.63) is 47.2 Å². The molecule has 0 saturated carbocycles. The van der Waals surface area contributed by atoms with Gasteiger partial charge in [-0.2, -0.15) is 0 Å². The zero-order chi connectivity index (χ0) is 12.7. The summed E-state index contributed by atoms with van der Waals surface area (Å²) in [6.45, 7) is 0. The van der Waals surface area contributed by atoms with Crippen LogP contribution in [0.2, 0.25) is 5.02 Å². The molecule has 0 aliphatic heterocycles. The molecule has 0 saturated heterocycles. The molecule has 1 heterocycles. The molecule has 0 spiro atoms. The lowest BCUT2D eigenvalue weighted by atomic mass is 10.2. The number of nitrogens with two attached hydrogens (primary N) is 1. The Morgan fingerprint density at radius 3 is 2.78 bits per heavy atom. The molecule has 0 radical (unpaired) electrons. The van der Waals surface area contributed by atoms with E-state index in [2.05, 4.69) is 4.98 Å². The maximum atomic E-state index is 13.1. The fourth-order valence-corrected chi connectivity index (χ4v) is 1.99. The number of halogens is 2. The van der Waals surface area contributed by atoms with Gasteiger partial charge in [-0.15, -0.1) is 0 Å². The van der Waals surface area contributed by atoms with E-state index in [1.807, 2.05) is 0 Å². The zero-order valence-corrected chi connectivity index (χ0v) is 9.91. The molecule has 0 atom stereocenters. The van der Waals surface area contributed by atoms with E-state index in [1.54, 1.807) is 18.2 Å². The van der Waals surface area contributed by atoms with Crippen LogP contribution < -0.4 is 5.73 Å². The van der Waals surface area contributed by atoms with Gasteiger partial charge in [-0.3, -0.25) is 0 Å². The first-order chi connectivity index (χ1) is 8.63. The van der Waals surface area contributed by atoms with Gasteiger partial charge in [0.05, 0.1) is 10.6 Å². The Kier molecular flexibility index (Phi) is 2.45. The first-order valence-electron chi connectivity index (χ1n) is 5.25. The third-order valence-corrected chi connectivity index (χ3v) is 2.89. The minimum Gasteiger partial charge on any atom is -0.436 e. The van der Waals surface area contributed by atoms with Gasteiger partial charge in [-0.25, -0.2) is 9.37 Å². The highest BCUT2D eigenvalue weighted by atomic mass is 35.5. The molecule has 1 aromatic heterocycles. The molecule has 0 bridgehead atoms. The van der Waals surface area contributed by atoms with E-state index < -0.39 is 0 Å². The van der Waals surface area contributed by atoms with Crippen LogP contribution in [0.4, 0.5) is 10.1 Å². The van der Waals surface area contributed by atoms with Crippen molar-refractivity contribution in [1.82, 2.24) is 4.98 Å². The van der Waals surface area contributed by atoms with Gasteiger partial charge < -0.3 is 10.2 Å². The number of rotatable bonds is 1. The Morgan fingerprint density at radius 1 is 1.17 bits per heavy atom. The van der Waals surface area contributed by atoms with Gasteiger partial charge >= 0.3 is 0 Å². The van der Waals surface area contributed by atoms with Crippen LogP contribution in [0, 0.1) is 5.82 Å². The first-order valence-corrected chi connectivity index (χ1v) is 5.63. The lowest BCUT2D eigenvalue weighted by molar-refractivity contribution is 0.614. The molecule has 5 heteroatoms. The number of fused-ring (bicyclic) bond motifs is 1. The summed E-state index contributed by atoms with van der Waals surface area (Å²) in [5.41, 5.74) is 7.77. The van der Waals surface area contributed by atoms with Gasteiger partial charge in [0.25, 0.3) is 0 Å². The summed E-state index contributed by atoms with van der Waals surface area (Å²) in [6, 6.07) is 9.21. The topological polar surface area (TPSA) is 52.0 Å². The zero-order valence-electron chi connectivity index (χ0n) is 9.15. The van der Waals surface area contributed by atoms with E-state index in [9.17, 15) is 4.39 Å². The summed E-state index contributed by atoms with van der Waals surface area (Å²) >= 11 is 6.07. The Balaban J connectivity index is 2.19. The summed E-state index contributed by atoms with van der Waals surface area (Å²) in [5, 5.41) is 0.446. The smallest absolute Gasteiger partial charge is 0.228 e. The lowest BCUT2D eigenvalue weighted by Gasteiger charge is -1.99. The van der Waals surface area contributed by atoms with Crippen LogP contribution in [0.5, 0.6) is 0 Å². The summed E-state index contributed by atoms with van der Waals surface area (Å²) < 4.78 is 18.6. The Hall–Kier alpha value is -2.07. The van der Waals surface area contributed by atoms with Crippen LogP contribution in [-0.2, 0) is 0 Å². The first kappa shape index (κ1) is 11.0. The van der Waals surface area contributed by atoms with Crippen LogP contribution in [0.3, 0.4) is 0 Å². The molecule has 0 amide bonds. The summed E-state index contributed by atoms with van der Waals surface area (Å²) in [6.07, 6.45) is 0. The third-order valence-electron chi connectivity index (χ3n) is 2.57. The van der Waals surface area contributed by atoms with E-state index in [1.165, 1.54) is 18.2 Å². The summed E-state index contributed by atoms with van der Waals surface area (Å²) in [4.78, 5) is 4.20. The van der Waals surface area contributed by atoms with E-state index in [4.69, 9.17) is 21.8 Å². The van der Waals surface area contributed by atoms with E-state index >= 15 is 0 Å². The molecule has 3 rings (SSSR count). The number of hydrogen-bond donors (Lipinski definition) is 1. The quantitative estimate of drug-likeness (QED) is 0.677. The molecule has 0 fully saturated rings. The van der Waals surface area contributed by atoms with Gasteiger partial charge in [0.2, 0.25) is 5.89 Å². The van der Waals surface area contributed by atoms with Gasteiger partial charge in [-0.05, 0) is 30.3 Å². The highest BCUT2D eigenvalue weighted by molar-refractivity contribution is 6.33. The molecule has 2 N–H and O–H groups in total. The highest BCUT2D eigenvalue weighted by Gasteiger charge is 2.12. The summed E-state index contributed by atoms with van der Waals surface area (Å²) in [5.74, 6) is -0.00801. The maximum absolute atomic E-state index is 13.1. The molecule has 18 heavy (non-hydrogen) atoms. The molecular weight excluding hydrogens is 255 g/mol. The molecule has 0 aliphatic carbocycles.